The lowest BCUT2D eigenvalue weighted by atomic mass is 9.95. The molecular formula is C18H24FN3O2S. The molecule has 1 N–H and O–H groups in total. The molecule has 2 heterocycles. The Kier molecular flexibility index (Phi) is 5.34. The fourth-order valence-corrected chi connectivity index (χ4v) is 4.19. The van der Waals surface area contributed by atoms with Gasteiger partial charge in [-0.05, 0) is 36.6 Å². The molecule has 1 atom stereocenters. The number of likely N-dealkylation sites (N-methyl/N-ethyl adjacent to an activating group) is 1. The summed E-state index contributed by atoms with van der Waals surface area (Å²) in [6.07, 6.45) is 4.23. The minimum Gasteiger partial charge on any atom is -0.338 e. The van der Waals surface area contributed by atoms with Gasteiger partial charge in [0.05, 0.1) is 11.7 Å². The van der Waals surface area contributed by atoms with E-state index in [9.17, 15) is 14.0 Å². The number of nitrogens with one attached hydrogen (secondary N) is 1. The number of thioether (sulfide) groups is 1. The van der Waals surface area contributed by atoms with E-state index in [0.29, 0.717) is 31.5 Å². The molecule has 3 rings (SSSR count). The second-order valence-corrected chi connectivity index (χ2v) is 7.70. The number of hydrogen-bond donors (Lipinski definition) is 1. The molecule has 2 aliphatic rings. The number of benzene rings is 1. The first-order valence-corrected chi connectivity index (χ1v) is 9.95. The van der Waals surface area contributed by atoms with Gasteiger partial charge in [0, 0.05) is 38.5 Å². The topological polar surface area (TPSA) is 52.7 Å². The zero-order chi connectivity index (χ0) is 18.0. The molecular weight excluding hydrogens is 341 g/mol. The Morgan fingerprint density at radius 2 is 2.12 bits per heavy atom. The minimum atomic E-state index is -0.404. The van der Waals surface area contributed by atoms with Crippen LogP contribution in [0.4, 0.5) is 4.39 Å². The fourth-order valence-electron chi connectivity index (χ4n) is 3.72. The fraction of sp³-hybridized carbons (Fsp3) is 0.556. The Hall–Kier alpha value is -1.60. The van der Waals surface area contributed by atoms with Crippen LogP contribution in [-0.2, 0) is 4.79 Å². The van der Waals surface area contributed by atoms with Gasteiger partial charge in [-0.25, -0.2) is 4.39 Å². The Morgan fingerprint density at radius 1 is 1.40 bits per heavy atom. The standard InChI is InChI=1S/C18H24FN3O2S/c1-21-17(24)15(6-11-25-2)20-18(21)7-9-22(10-8-18)16(23)13-4-3-5-14(19)12-13/h3-5,12,15,20H,6-11H2,1-2H3. The Bertz CT molecular complexity index is 661. The van der Waals surface area contributed by atoms with Gasteiger partial charge in [0.25, 0.3) is 5.91 Å². The summed E-state index contributed by atoms with van der Waals surface area (Å²) in [4.78, 5) is 28.6. The molecule has 136 valence electrons. The maximum atomic E-state index is 13.3. The molecule has 0 radical (unpaired) electrons. The second-order valence-electron chi connectivity index (χ2n) is 6.71. The Labute approximate surface area is 151 Å². The van der Waals surface area contributed by atoms with Crippen LogP contribution in [0, 0.1) is 5.82 Å². The number of amides is 2. The van der Waals surface area contributed by atoms with E-state index >= 15 is 0 Å². The summed E-state index contributed by atoms with van der Waals surface area (Å²) in [5.74, 6) is 0.523. The molecule has 2 saturated heterocycles. The van der Waals surface area contributed by atoms with Crippen LogP contribution in [0.3, 0.4) is 0 Å². The predicted octanol–water partition coefficient (Wildman–Crippen LogP) is 1.94. The van der Waals surface area contributed by atoms with Gasteiger partial charge in [-0.15, -0.1) is 0 Å². The summed E-state index contributed by atoms with van der Waals surface area (Å²) < 4.78 is 13.3. The van der Waals surface area contributed by atoms with Crippen molar-refractivity contribution in [2.75, 3.05) is 32.1 Å². The number of piperidine rings is 1. The largest absolute Gasteiger partial charge is 0.338 e. The molecule has 1 aromatic rings. The summed E-state index contributed by atoms with van der Waals surface area (Å²) in [6, 6.07) is 5.66. The van der Waals surface area contributed by atoms with E-state index in [0.717, 1.165) is 12.2 Å². The van der Waals surface area contributed by atoms with E-state index in [1.807, 2.05) is 18.2 Å². The number of likely N-dealkylation sites (tertiary alicyclic amines) is 1. The number of halogens is 1. The molecule has 1 aromatic carbocycles. The van der Waals surface area contributed by atoms with Crippen molar-refractivity contribution < 1.29 is 14.0 Å². The smallest absolute Gasteiger partial charge is 0.253 e. The van der Waals surface area contributed by atoms with Crippen molar-refractivity contribution in [3.63, 3.8) is 0 Å². The second kappa shape index (κ2) is 7.33. The third-order valence-corrected chi connectivity index (χ3v) is 5.92. The van der Waals surface area contributed by atoms with Gasteiger partial charge in [0.2, 0.25) is 5.91 Å². The quantitative estimate of drug-likeness (QED) is 0.886. The van der Waals surface area contributed by atoms with E-state index in [1.54, 1.807) is 28.8 Å². The van der Waals surface area contributed by atoms with Crippen molar-refractivity contribution in [2.45, 2.75) is 31.0 Å². The van der Waals surface area contributed by atoms with Crippen LogP contribution in [0.1, 0.15) is 29.6 Å². The molecule has 25 heavy (non-hydrogen) atoms. The first-order chi connectivity index (χ1) is 12.0. The van der Waals surface area contributed by atoms with Gasteiger partial charge in [0.1, 0.15) is 5.82 Å². The molecule has 1 unspecified atom stereocenters. The van der Waals surface area contributed by atoms with Crippen molar-refractivity contribution in [1.82, 2.24) is 15.1 Å². The minimum absolute atomic E-state index is 0.136. The molecule has 0 bridgehead atoms. The molecule has 2 amide bonds. The maximum absolute atomic E-state index is 13.3. The Balaban J connectivity index is 1.65. The van der Waals surface area contributed by atoms with Crippen molar-refractivity contribution in [1.29, 1.82) is 0 Å². The molecule has 7 heteroatoms. The summed E-state index contributed by atoms with van der Waals surface area (Å²) in [7, 11) is 1.85. The van der Waals surface area contributed by atoms with Crippen molar-refractivity contribution in [3.8, 4) is 0 Å². The van der Waals surface area contributed by atoms with Crippen LogP contribution in [0.2, 0.25) is 0 Å². The maximum Gasteiger partial charge on any atom is 0.253 e. The van der Waals surface area contributed by atoms with Crippen molar-refractivity contribution in [3.05, 3.63) is 35.6 Å². The summed E-state index contributed by atoms with van der Waals surface area (Å²) in [5.41, 5.74) is 0.0106. The first-order valence-electron chi connectivity index (χ1n) is 8.56. The summed E-state index contributed by atoms with van der Waals surface area (Å²) >= 11 is 1.74. The van der Waals surface area contributed by atoms with Crippen LogP contribution < -0.4 is 5.32 Å². The number of carbonyl (C=O) groups is 2. The van der Waals surface area contributed by atoms with Crippen LogP contribution >= 0.6 is 11.8 Å². The van der Waals surface area contributed by atoms with Crippen LogP contribution in [0.15, 0.2) is 24.3 Å². The van der Waals surface area contributed by atoms with Gasteiger partial charge < -0.3 is 9.80 Å². The zero-order valence-electron chi connectivity index (χ0n) is 14.6. The van der Waals surface area contributed by atoms with Gasteiger partial charge in [-0.3, -0.25) is 14.9 Å². The van der Waals surface area contributed by atoms with Gasteiger partial charge in [-0.1, -0.05) is 6.07 Å². The third kappa shape index (κ3) is 3.53. The summed E-state index contributed by atoms with van der Waals surface area (Å²) in [6.45, 7) is 1.10. The molecule has 0 aliphatic carbocycles. The molecule has 5 nitrogen and oxygen atoms in total. The van der Waals surface area contributed by atoms with Crippen molar-refractivity contribution >= 4 is 23.6 Å². The van der Waals surface area contributed by atoms with Gasteiger partial charge in [-0.2, -0.15) is 11.8 Å². The van der Waals surface area contributed by atoms with Crippen LogP contribution in [0.5, 0.6) is 0 Å². The molecule has 1 spiro atoms. The van der Waals surface area contributed by atoms with E-state index < -0.39 is 5.82 Å². The third-order valence-electron chi connectivity index (χ3n) is 5.27. The highest BCUT2D eigenvalue weighted by Crippen LogP contribution is 2.32. The highest BCUT2D eigenvalue weighted by molar-refractivity contribution is 7.98. The lowest BCUT2D eigenvalue weighted by Gasteiger charge is -2.43. The van der Waals surface area contributed by atoms with E-state index in [-0.39, 0.29) is 23.5 Å². The van der Waals surface area contributed by atoms with Gasteiger partial charge >= 0.3 is 0 Å². The Morgan fingerprint density at radius 3 is 2.76 bits per heavy atom. The average molecular weight is 365 g/mol. The molecule has 2 fully saturated rings. The molecule has 0 saturated carbocycles. The lowest BCUT2D eigenvalue weighted by Crippen LogP contribution is -2.58. The van der Waals surface area contributed by atoms with Crippen molar-refractivity contribution in [2.24, 2.45) is 0 Å². The average Bonchev–Trinajstić information content (AvgIpc) is 2.85. The number of hydrogen-bond acceptors (Lipinski definition) is 4. The number of carbonyl (C=O) groups excluding carboxylic acids is 2. The number of rotatable bonds is 4. The normalized spacial score (nSPS) is 22.7. The van der Waals surface area contributed by atoms with E-state index in [4.69, 9.17) is 0 Å². The SMILES string of the molecule is CSCCC1NC2(CCN(C(=O)c3cccc(F)c3)CC2)N(C)C1=O. The summed E-state index contributed by atoms with van der Waals surface area (Å²) in [5, 5.41) is 3.51. The van der Waals surface area contributed by atoms with Gasteiger partial charge in [0.15, 0.2) is 0 Å². The van der Waals surface area contributed by atoms with Crippen LogP contribution in [0.25, 0.3) is 0 Å². The monoisotopic (exact) mass is 365 g/mol. The zero-order valence-corrected chi connectivity index (χ0v) is 15.4. The predicted molar refractivity (Wildman–Crippen MR) is 97.0 cm³/mol. The van der Waals surface area contributed by atoms with E-state index in [2.05, 4.69) is 5.32 Å². The van der Waals surface area contributed by atoms with E-state index in [1.165, 1.54) is 12.1 Å². The highest BCUT2D eigenvalue weighted by Gasteiger charge is 2.49. The highest BCUT2D eigenvalue weighted by atomic mass is 32.2. The molecule has 2 aliphatic heterocycles. The van der Waals surface area contributed by atoms with Crippen LogP contribution in [-0.4, -0.2) is 65.5 Å². The molecule has 0 aromatic heterocycles. The lowest BCUT2D eigenvalue weighted by molar-refractivity contribution is -0.131. The first kappa shape index (κ1) is 18.2. The number of nitrogens with zero attached hydrogens (tertiary/aromatic N) is 2.